The van der Waals surface area contributed by atoms with E-state index in [1.54, 1.807) is 0 Å². The number of allylic oxidation sites excluding steroid dienone is 4. The minimum absolute atomic E-state index is 0.241. The largest absolute Gasteiger partial charge is 0.124 e. The van der Waals surface area contributed by atoms with Gasteiger partial charge in [-0.2, -0.15) is 0 Å². The standard InChI is InChI=1S/C14H24.C2H6.C2H2/c1-7-10-13(9-3)14(6,11-8-2)12(4)5;2*1-2/h7,9-10,12H,1,3,8,11H2,2,4-6H3;1-2H3;1-2H/b13-10+;;. The summed E-state index contributed by atoms with van der Waals surface area (Å²) in [4.78, 5) is 0. The lowest BCUT2D eigenvalue weighted by Crippen LogP contribution is -2.25. The predicted octanol–water partition coefficient (Wildman–Crippen LogP) is 6.02. The SMILES string of the molecule is C#C.C=C/C=C(\C=C)C(C)(CCC)C(C)C.CC. The average molecular weight is 248 g/mol. The smallest absolute Gasteiger partial charge is 0.00526 e. The molecule has 0 saturated heterocycles. The number of rotatable bonds is 6. The van der Waals surface area contributed by atoms with E-state index >= 15 is 0 Å². The predicted molar refractivity (Wildman–Crippen MR) is 87.6 cm³/mol. The van der Waals surface area contributed by atoms with Crippen LogP contribution in [-0.4, -0.2) is 0 Å². The molecule has 1 atom stereocenters. The maximum Gasteiger partial charge on any atom is -0.00526 e. The van der Waals surface area contributed by atoms with Crippen molar-refractivity contribution in [3.8, 4) is 12.8 Å². The second kappa shape index (κ2) is 13.8. The van der Waals surface area contributed by atoms with Gasteiger partial charge in [-0.15, -0.1) is 12.8 Å². The van der Waals surface area contributed by atoms with Gasteiger partial charge in [-0.05, 0) is 23.3 Å². The summed E-state index contributed by atoms with van der Waals surface area (Å²) in [6, 6.07) is 0. The van der Waals surface area contributed by atoms with Crippen molar-refractivity contribution in [2.24, 2.45) is 11.3 Å². The Kier molecular flexibility index (Phi) is 16.9. The molecule has 0 aromatic rings. The van der Waals surface area contributed by atoms with Crippen molar-refractivity contribution in [2.45, 2.75) is 54.4 Å². The van der Waals surface area contributed by atoms with Crippen molar-refractivity contribution < 1.29 is 0 Å². The Morgan fingerprint density at radius 3 is 1.89 bits per heavy atom. The molecule has 0 aliphatic rings. The van der Waals surface area contributed by atoms with E-state index < -0.39 is 0 Å². The van der Waals surface area contributed by atoms with E-state index in [9.17, 15) is 0 Å². The number of hydrogen-bond donors (Lipinski definition) is 0. The Morgan fingerprint density at radius 2 is 1.67 bits per heavy atom. The van der Waals surface area contributed by atoms with Crippen molar-refractivity contribution in [2.75, 3.05) is 0 Å². The third-order valence-electron chi connectivity index (χ3n) is 3.22. The van der Waals surface area contributed by atoms with Gasteiger partial charge < -0.3 is 0 Å². The van der Waals surface area contributed by atoms with Gasteiger partial charge in [0.25, 0.3) is 0 Å². The van der Waals surface area contributed by atoms with Crippen LogP contribution in [0.5, 0.6) is 0 Å². The molecule has 0 aromatic carbocycles. The third-order valence-corrected chi connectivity index (χ3v) is 3.22. The first-order chi connectivity index (χ1) is 8.52. The average Bonchev–Trinajstić information content (AvgIpc) is 2.40. The lowest BCUT2D eigenvalue weighted by Gasteiger charge is -2.35. The fraction of sp³-hybridized carbons (Fsp3) is 0.556. The van der Waals surface area contributed by atoms with Crippen molar-refractivity contribution in [3.63, 3.8) is 0 Å². The second-order valence-corrected chi connectivity index (χ2v) is 4.38. The molecule has 104 valence electrons. The molecular weight excluding hydrogens is 216 g/mol. The number of terminal acetylenes is 1. The van der Waals surface area contributed by atoms with E-state index in [1.165, 1.54) is 18.4 Å². The molecule has 0 amide bonds. The van der Waals surface area contributed by atoms with E-state index in [2.05, 4.69) is 59.8 Å². The molecule has 0 N–H and O–H groups in total. The van der Waals surface area contributed by atoms with E-state index in [1.807, 2.05) is 26.0 Å². The summed E-state index contributed by atoms with van der Waals surface area (Å²) < 4.78 is 0. The molecule has 0 aliphatic carbocycles. The number of hydrogen-bond acceptors (Lipinski definition) is 0. The highest BCUT2D eigenvalue weighted by molar-refractivity contribution is 5.28. The molecule has 0 spiro atoms. The third kappa shape index (κ3) is 7.17. The Bertz CT molecular complexity index is 252. The molecule has 0 bridgehead atoms. The van der Waals surface area contributed by atoms with Crippen molar-refractivity contribution >= 4 is 0 Å². The molecular formula is C18H32. The highest BCUT2D eigenvalue weighted by Crippen LogP contribution is 2.40. The summed E-state index contributed by atoms with van der Waals surface area (Å²) in [7, 11) is 0. The topological polar surface area (TPSA) is 0 Å². The van der Waals surface area contributed by atoms with Gasteiger partial charge in [0.2, 0.25) is 0 Å². The Morgan fingerprint density at radius 1 is 1.22 bits per heavy atom. The maximum absolute atomic E-state index is 4.00. The molecule has 0 aliphatic heterocycles. The van der Waals surface area contributed by atoms with Crippen LogP contribution in [0.3, 0.4) is 0 Å². The molecule has 18 heavy (non-hydrogen) atoms. The van der Waals surface area contributed by atoms with Gasteiger partial charge in [0.15, 0.2) is 0 Å². The van der Waals surface area contributed by atoms with Crippen LogP contribution in [0.25, 0.3) is 0 Å². The lowest BCUT2D eigenvalue weighted by molar-refractivity contribution is 0.258. The Labute approximate surface area is 116 Å². The van der Waals surface area contributed by atoms with Crippen LogP contribution in [-0.2, 0) is 0 Å². The van der Waals surface area contributed by atoms with Crippen LogP contribution < -0.4 is 0 Å². The van der Waals surface area contributed by atoms with Crippen molar-refractivity contribution in [1.82, 2.24) is 0 Å². The fourth-order valence-electron chi connectivity index (χ4n) is 1.90. The Hall–Kier alpha value is -1.22. The van der Waals surface area contributed by atoms with Crippen LogP contribution in [0.4, 0.5) is 0 Å². The van der Waals surface area contributed by atoms with Gasteiger partial charge in [-0.25, -0.2) is 0 Å². The van der Waals surface area contributed by atoms with Crippen LogP contribution >= 0.6 is 0 Å². The highest BCUT2D eigenvalue weighted by Gasteiger charge is 2.29. The van der Waals surface area contributed by atoms with Crippen LogP contribution in [0.2, 0.25) is 0 Å². The normalized spacial score (nSPS) is 13.3. The summed E-state index contributed by atoms with van der Waals surface area (Å²) in [5.41, 5.74) is 1.55. The van der Waals surface area contributed by atoms with Gasteiger partial charge in [0.05, 0.1) is 0 Å². The molecule has 0 radical (unpaired) electrons. The van der Waals surface area contributed by atoms with Crippen molar-refractivity contribution in [1.29, 1.82) is 0 Å². The summed E-state index contributed by atoms with van der Waals surface area (Å²) in [6.45, 7) is 20.7. The zero-order chi connectivity index (χ0) is 15.2. The molecule has 0 saturated carbocycles. The summed E-state index contributed by atoms with van der Waals surface area (Å²) in [6.07, 6.45) is 16.3. The fourth-order valence-corrected chi connectivity index (χ4v) is 1.90. The molecule has 0 fully saturated rings. The first-order valence-corrected chi connectivity index (χ1v) is 6.81. The van der Waals surface area contributed by atoms with Gasteiger partial charge in [0, 0.05) is 0 Å². The quantitative estimate of drug-likeness (QED) is 0.398. The molecule has 0 aromatic heterocycles. The zero-order valence-corrected chi connectivity index (χ0v) is 13.3. The van der Waals surface area contributed by atoms with E-state index in [-0.39, 0.29) is 5.41 Å². The van der Waals surface area contributed by atoms with E-state index in [0.717, 1.165) is 0 Å². The van der Waals surface area contributed by atoms with Crippen molar-refractivity contribution in [3.05, 3.63) is 37.0 Å². The summed E-state index contributed by atoms with van der Waals surface area (Å²) in [5.74, 6) is 0.631. The van der Waals surface area contributed by atoms with Crippen LogP contribution in [0.15, 0.2) is 37.0 Å². The Balaban J connectivity index is -0.000000506. The molecule has 0 rings (SSSR count). The zero-order valence-electron chi connectivity index (χ0n) is 13.3. The molecule has 0 heterocycles. The summed E-state index contributed by atoms with van der Waals surface area (Å²) in [5, 5.41) is 0. The van der Waals surface area contributed by atoms with E-state index in [4.69, 9.17) is 0 Å². The minimum atomic E-state index is 0.241. The first-order valence-electron chi connectivity index (χ1n) is 6.81. The molecule has 0 nitrogen and oxygen atoms in total. The maximum atomic E-state index is 4.00. The lowest BCUT2D eigenvalue weighted by atomic mass is 9.70. The second-order valence-electron chi connectivity index (χ2n) is 4.38. The highest BCUT2D eigenvalue weighted by atomic mass is 14.3. The monoisotopic (exact) mass is 248 g/mol. The minimum Gasteiger partial charge on any atom is -0.124 e. The first kappa shape index (κ1) is 22.0. The van der Waals surface area contributed by atoms with Gasteiger partial charge >= 0.3 is 0 Å². The van der Waals surface area contributed by atoms with Gasteiger partial charge in [0.1, 0.15) is 0 Å². The molecule has 0 heteroatoms. The molecule has 1 unspecified atom stereocenters. The van der Waals surface area contributed by atoms with Crippen LogP contribution in [0.1, 0.15) is 54.4 Å². The van der Waals surface area contributed by atoms with Gasteiger partial charge in [-0.1, -0.05) is 79.3 Å². The summed E-state index contributed by atoms with van der Waals surface area (Å²) >= 11 is 0. The van der Waals surface area contributed by atoms with Gasteiger partial charge in [-0.3, -0.25) is 0 Å². The van der Waals surface area contributed by atoms with E-state index in [0.29, 0.717) is 5.92 Å². The van der Waals surface area contributed by atoms with Crippen LogP contribution in [0, 0.1) is 24.2 Å².